The molecule has 0 rings (SSSR count). The topological polar surface area (TPSA) is 26.3 Å². The van der Waals surface area contributed by atoms with Gasteiger partial charge < -0.3 is 4.74 Å². The van der Waals surface area contributed by atoms with Crippen LogP contribution in [0.15, 0.2) is 0 Å². The van der Waals surface area contributed by atoms with Crippen molar-refractivity contribution in [3.63, 3.8) is 0 Å². The van der Waals surface area contributed by atoms with Gasteiger partial charge in [-0.1, -0.05) is 181 Å². The van der Waals surface area contributed by atoms with E-state index in [-0.39, 0.29) is 5.97 Å². The largest absolute Gasteiger partial charge is 0.465 e. The lowest BCUT2D eigenvalue weighted by molar-refractivity contribution is -0.145. The van der Waals surface area contributed by atoms with Crippen molar-refractivity contribution in [3.8, 4) is 0 Å². The van der Waals surface area contributed by atoms with Gasteiger partial charge in [0.1, 0.15) is 0 Å². The van der Waals surface area contributed by atoms with Crippen LogP contribution in [0.1, 0.15) is 201 Å². The molecule has 0 saturated carbocycles. The predicted molar refractivity (Wildman–Crippen MR) is 161 cm³/mol. The summed E-state index contributed by atoms with van der Waals surface area (Å²) in [5, 5.41) is 0. The van der Waals surface area contributed by atoms with Crippen LogP contribution in [-0.4, -0.2) is 12.6 Å². The fourth-order valence-electron chi connectivity index (χ4n) is 5.19. The molecule has 0 spiro atoms. The first-order chi connectivity index (χ1) is 17.7. The second-order valence-corrected chi connectivity index (χ2v) is 11.8. The molecular weight excluding hydrogens is 440 g/mol. The zero-order valence-electron chi connectivity index (χ0n) is 25.4. The van der Waals surface area contributed by atoms with Crippen molar-refractivity contribution >= 4 is 5.97 Å². The van der Waals surface area contributed by atoms with Crippen molar-refractivity contribution in [2.75, 3.05) is 6.61 Å². The van der Waals surface area contributed by atoms with Gasteiger partial charge in [0.2, 0.25) is 0 Å². The molecule has 0 aliphatic rings. The van der Waals surface area contributed by atoms with Crippen LogP contribution in [0.25, 0.3) is 0 Å². The van der Waals surface area contributed by atoms with Crippen molar-refractivity contribution < 1.29 is 9.53 Å². The summed E-state index contributed by atoms with van der Waals surface area (Å²) in [6.07, 6.45) is 37.5. The van der Waals surface area contributed by atoms with Crippen molar-refractivity contribution in [2.45, 2.75) is 201 Å². The lowest BCUT2D eigenvalue weighted by atomic mass is 10.0. The van der Waals surface area contributed by atoms with Crippen LogP contribution in [0, 0.1) is 5.92 Å². The highest BCUT2D eigenvalue weighted by Crippen LogP contribution is 2.16. The minimum Gasteiger partial charge on any atom is -0.465 e. The van der Waals surface area contributed by atoms with Crippen LogP contribution < -0.4 is 0 Å². The Morgan fingerprint density at radius 1 is 0.472 bits per heavy atom. The Morgan fingerprint density at radius 2 is 0.778 bits per heavy atom. The highest BCUT2D eigenvalue weighted by Gasteiger charge is 2.07. The van der Waals surface area contributed by atoms with Gasteiger partial charge in [-0.2, -0.15) is 0 Å². The Balaban J connectivity index is 3.27. The highest BCUT2D eigenvalue weighted by molar-refractivity contribution is 5.69. The van der Waals surface area contributed by atoms with Crippen molar-refractivity contribution in [1.29, 1.82) is 0 Å². The maximum absolute atomic E-state index is 12.0. The molecule has 0 saturated heterocycles. The number of carbonyl (C=O) groups is 1. The quantitative estimate of drug-likeness (QED) is 0.0712. The molecule has 0 aromatic carbocycles. The lowest BCUT2D eigenvalue weighted by Gasteiger charge is -2.12. The third kappa shape index (κ3) is 29.7. The first kappa shape index (κ1) is 35.5. The standard InChI is InChI=1S/C34H68O2/c1-4-6-8-10-12-14-16-17-18-19-21-23-25-27-29-31-34(35)36-32-33(3)30-28-26-24-22-20-15-13-11-9-7-5-2/h33H,4-32H2,1-3H3. The fourth-order valence-corrected chi connectivity index (χ4v) is 5.19. The summed E-state index contributed by atoms with van der Waals surface area (Å²) in [6.45, 7) is 7.43. The number of rotatable bonds is 30. The molecule has 0 radical (unpaired) electrons. The van der Waals surface area contributed by atoms with E-state index in [0.29, 0.717) is 18.9 Å². The summed E-state index contributed by atoms with van der Waals surface area (Å²) in [4.78, 5) is 12.0. The Hall–Kier alpha value is -0.530. The van der Waals surface area contributed by atoms with Crippen molar-refractivity contribution in [1.82, 2.24) is 0 Å². The van der Waals surface area contributed by atoms with E-state index in [0.717, 1.165) is 6.42 Å². The second-order valence-electron chi connectivity index (χ2n) is 11.8. The van der Waals surface area contributed by atoms with Crippen molar-refractivity contribution in [3.05, 3.63) is 0 Å². The molecule has 216 valence electrons. The van der Waals surface area contributed by atoms with Crippen molar-refractivity contribution in [2.24, 2.45) is 5.92 Å². The Kier molecular flexibility index (Phi) is 30.2. The van der Waals surface area contributed by atoms with Crippen LogP contribution in [0.2, 0.25) is 0 Å². The molecule has 2 nitrogen and oxygen atoms in total. The monoisotopic (exact) mass is 509 g/mol. The SMILES string of the molecule is CCCCCCCCCCCCCCCCCC(=O)OCC(C)CCCCCCCCCCCCC. The van der Waals surface area contributed by atoms with E-state index in [2.05, 4.69) is 20.8 Å². The van der Waals surface area contributed by atoms with Gasteiger partial charge in [-0.25, -0.2) is 0 Å². The molecule has 2 heteroatoms. The molecule has 0 fully saturated rings. The summed E-state index contributed by atoms with van der Waals surface area (Å²) in [5.74, 6) is 0.532. The number of hydrogen-bond donors (Lipinski definition) is 0. The molecule has 0 bridgehead atoms. The van der Waals surface area contributed by atoms with E-state index in [9.17, 15) is 4.79 Å². The zero-order valence-corrected chi connectivity index (χ0v) is 25.4. The Bertz CT molecular complexity index is 419. The molecule has 0 heterocycles. The number of carbonyl (C=O) groups excluding carboxylic acids is 1. The summed E-state index contributed by atoms with van der Waals surface area (Å²) in [7, 11) is 0. The minimum absolute atomic E-state index is 0.0236. The molecule has 0 aliphatic heterocycles. The van der Waals surface area contributed by atoms with Gasteiger partial charge in [0.05, 0.1) is 6.61 Å². The average molecular weight is 509 g/mol. The van der Waals surface area contributed by atoms with Gasteiger partial charge >= 0.3 is 5.97 Å². The number of esters is 1. The summed E-state index contributed by atoms with van der Waals surface area (Å²) < 4.78 is 5.53. The van der Waals surface area contributed by atoms with Gasteiger partial charge in [-0.15, -0.1) is 0 Å². The van der Waals surface area contributed by atoms with Gasteiger partial charge in [0.15, 0.2) is 0 Å². The number of ether oxygens (including phenoxy) is 1. The Labute approximate surface area is 228 Å². The van der Waals surface area contributed by atoms with Gasteiger partial charge in [0.25, 0.3) is 0 Å². The molecule has 0 aliphatic carbocycles. The van der Waals surface area contributed by atoms with E-state index < -0.39 is 0 Å². The number of unbranched alkanes of at least 4 members (excludes halogenated alkanes) is 24. The molecule has 1 atom stereocenters. The molecule has 0 aromatic heterocycles. The predicted octanol–water partition coefficient (Wildman–Crippen LogP) is 12.1. The highest BCUT2D eigenvalue weighted by atomic mass is 16.5. The van der Waals surface area contributed by atoms with E-state index in [1.54, 1.807) is 0 Å². The van der Waals surface area contributed by atoms with Gasteiger partial charge in [-0.05, 0) is 18.8 Å². The molecule has 0 aromatic rings. The summed E-state index contributed by atoms with van der Waals surface area (Å²) in [6, 6.07) is 0. The van der Waals surface area contributed by atoms with E-state index >= 15 is 0 Å². The molecular formula is C34H68O2. The zero-order chi connectivity index (χ0) is 26.4. The van der Waals surface area contributed by atoms with E-state index in [1.807, 2.05) is 0 Å². The minimum atomic E-state index is 0.0236. The maximum Gasteiger partial charge on any atom is 0.305 e. The second kappa shape index (κ2) is 30.7. The number of hydrogen-bond acceptors (Lipinski definition) is 2. The van der Waals surface area contributed by atoms with Crippen LogP contribution in [0.4, 0.5) is 0 Å². The van der Waals surface area contributed by atoms with Crippen LogP contribution >= 0.6 is 0 Å². The van der Waals surface area contributed by atoms with Crippen LogP contribution in [0.5, 0.6) is 0 Å². The van der Waals surface area contributed by atoms with Crippen LogP contribution in [-0.2, 0) is 9.53 Å². The third-order valence-corrected chi connectivity index (χ3v) is 7.81. The maximum atomic E-state index is 12.0. The summed E-state index contributed by atoms with van der Waals surface area (Å²) >= 11 is 0. The normalized spacial score (nSPS) is 12.2. The molecule has 1 unspecified atom stereocenters. The molecule has 0 amide bonds. The lowest BCUT2D eigenvalue weighted by Crippen LogP contribution is -2.11. The fraction of sp³-hybridized carbons (Fsp3) is 0.971. The molecule has 0 N–H and O–H groups in total. The van der Waals surface area contributed by atoms with E-state index in [1.165, 1.54) is 167 Å². The molecule has 36 heavy (non-hydrogen) atoms. The average Bonchev–Trinajstić information content (AvgIpc) is 2.88. The third-order valence-electron chi connectivity index (χ3n) is 7.81. The first-order valence-electron chi connectivity index (χ1n) is 16.9. The first-order valence-corrected chi connectivity index (χ1v) is 16.9. The van der Waals surface area contributed by atoms with Gasteiger partial charge in [0, 0.05) is 6.42 Å². The van der Waals surface area contributed by atoms with Crippen LogP contribution in [0.3, 0.4) is 0 Å². The Morgan fingerprint density at radius 3 is 1.14 bits per heavy atom. The van der Waals surface area contributed by atoms with Gasteiger partial charge in [-0.3, -0.25) is 4.79 Å². The summed E-state index contributed by atoms with van der Waals surface area (Å²) in [5.41, 5.74) is 0. The smallest absolute Gasteiger partial charge is 0.305 e. The van der Waals surface area contributed by atoms with E-state index in [4.69, 9.17) is 4.74 Å².